The second-order valence-corrected chi connectivity index (χ2v) is 5.03. The number of nitrogen functional groups attached to an aromatic ring is 1. The number of hydrogen-bond acceptors (Lipinski definition) is 4. The maximum absolute atomic E-state index is 5.83. The van der Waals surface area contributed by atoms with Gasteiger partial charge in [-0.25, -0.2) is 0 Å². The van der Waals surface area contributed by atoms with Crippen LogP contribution in [0.3, 0.4) is 0 Å². The summed E-state index contributed by atoms with van der Waals surface area (Å²) in [6, 6.07) is 3.79. The molecule has 0 radical (unpaired) electrons. The lowest BCUT2D eigenvalue weighted by Gasteiger charge is -2.15. The maximum atomic E-state index is 5.83. The fourth-order valence-corrected chi connectivity index (χ4v) is 2.59. The molecule has 1 aromatic carbocycles. The van der Waals surface area contributed by atoms with Gasteiger partial charge in [0.1, 0.15) is 5.82 Å². The molecule has 19 heavy (non-hydrogen) atoms. The first-order chi connectivity index (χ1) is 8.99. The Balaban J connectivity index is 2.68. The standard InChI is InChI=1S/C13H16BrN3O2/c1-7-8(10-6-11(15)17(2)16-10)5-9(14)13(19-4)12(7)18-3/h5-6H,15H2,1-4H3. The van der Waals surface area contributed by atoms with E-state index >= 15 is 0 Å². The normalized spacial score (nSPS) is 10.6. The highest BCUT2D eigenvalue weighted by atomic mass is 79.9. The van der Waals surface area contributed by atoms with E-state index in [0.717, 1.165) is 21.3 Å². The van der Waals surface area contributed by atoms with Gasteiger partial charge in [-0.05, 0) is 28.9 Å². The van der Waals surface area contributed by atoms with Gasteiger partial charge in [-0.15, -0.1) is 0 Å². The molecular formula is C13H16BrN3O2. The zero-order valence-electron chi connectivity index (χ0n) is 11.3. The molecule has 2 N–H and O–H groups in total. The molecule has 102 valence electrons. The molecule has 0 saturated carbocycles. The number of anilines is 1. The van der Waals surface area contributed by atoms with E-state index < -0.39 is 0 Å². The van der Waals surface area contributed by atoms with Gasteiger partial charge in [0, 0.05) is 24.2 Å². The molecule has 5 nitrogen and oxygen atoms in total. The summed E-state index contributed by atoms with van der Waals surface area (Å²) in [5, 5.41) is 4.39. The van der Waals surface area contributed by atoms with Crippen LogP contribution in [0, 0.1) is 6.92 Å². The Morgan fingerprint density at radius 3 is 2.32 bits per heavy atom. The number of aryl methyl sites for hydroxylation is 1. The lowest BCUT2D eigenvalue weighted by Crippen LogP contribution is -1.98. The fourth-order valence-electron chi connectivity index (χ4n) is 2.02. The van der Waals surface area contributed by atoms with Crippen molar-refractivity contribution in [3.05, 3.63) is 22.2 Å². The Hall–Kier alpha value is -1.69. The lowest BCUT2D eigenvalue weighted by atomic mass is 10.0. The minimum atomic E-state index is 0.611. The van der Waals surface area contributed by atoms with Gasteiger partial charge in [0.2, 0.25) is 0 Å². The van der Waals surface area contributed by atoms with Crippen molar-refractivity contribution < 1.29 is 9.47 Å². The average molecular weight is 326 g/mol. The molecular weight excluding hydrogens is 310 g/mol. The molecule has 0 atom stereocenters. The van der Waals surface area contributed by atoms with Crippen LogP contribution < -0.4 is 15.2 Å². The molecule has 2 rings (SSSR count). The molecule has 1 heterocycles. The molecule has 0 fully saturated rings. The highest BCUT2D eigenvalue weighted by molar-refractivity contribution is 9.10. The average Bonchev–Trinajstić information content (AvgIpc) is 2.71. The zero-order chi connectivity index (χ0) is 14.2. The molecule has 2 aromatic rings. The number of halogens is 1. The smallest absolute Gasteiger partial charge is 0.175 e. The van der Waals surface area contributed by atoms with Crippen LogP contribution in [0.4, 0.5) is 5.82 Å². The molecule has 0 unspecified atom stereocenters. The van der Waals surface area contributed by atoms with E-state index in [0.29, 0.717) is 17.3 Å². The number of hydrogen-bond donors (Lipinski definition) is 1. The van der Waals surface area contributed by atoms with Crippen molar-refractivity contribution in [2.45, 2.75) is 6.92 Å². The van der Waals surface area contributed by atoms with Crippen LogP contribution in [-0.4, -0.2) is 24.0 Å². The summed E-state index contributed by atoms with van der Waals surface area (Å²) >= 11 is 3.48. The van der Waals surface area contributed by atoms with Crippen molar-refractivity contribution in [2.75, 3.05) is 20.0 Å². The van der Waals surface area contributed by atoms with E-state index in [-0.39, 0.29) is 0 Å². The number of aromatic nitrogens is 2. The van der Waals surface area contributed by atoms with E-state index in [1.165, 1.54) is 0 Å². The molecule has 0 aliphatic rings. The van der Waals surface area contributed by atoms with Crippen molar-refractivity contribution in [1.29, 1.82) is 0 Å². The largest absolute Gasteiger partial charge is 0.493 e. The monoisotopic (exact) mass is 325 g/mol. The first-order valence-electron chi connectivity index (χ1n) is 5.70. The molecule has 6 heteroatoms. The highest BCUT2D eigenvalue weighted by Crippen LogP contribution is 2.42. The number of methoxy groups -OCH3 is 2. The quantitative estimate of drug-likeness (QED) is 0.942. The third-order valence-corrected chi connectivity index (χ3v) is 3.63. The number of nitrogens with zero attached hydrogens (tertiary/aromatic N) is 2. The Morgan fingerprint density at radius 1 is 1.21 bits per heavy atom. The summed E-state index contributed by atoms with van der Waals surface area (Å²) in [7, 11) is 5.04. The minimum absolute atomic E-state index is 0.611. The predicted octanol–water partition coefficient (Wildman–Crippen LogP) is 2.76. The number of benzene rings is 1. The van der Waals surface area contributed by atoms with Gasteiger partial charge < -0.3 is 15.2 Å². The number of rotatable bonds is 3. The third-order valence-electron chi connectivity index (χ3n) is 3.04. The topological polar surface area (TPSA) is 62.3 Å². The highest BCUT2D eigenvalue weighted by Gasteiger charge is 2.18. The van der Waals surface area contributed by atoms with Crippen molar-refractivity contribution in [3.8, 4) is 22.8 Å². The second kappa shape index (κ2) is 5.13. The van der Waals surface area contributed by atoms with Gasteiger partial charge in [-0.2, -0.15) is 5.10 Å². The van der Waals surface area contributed by atoms with E-state index in [2.05, 4.69) is 21.0 Å². The van der Waals surface area contributed by atoms with Gasteiger partial charge >= 0.3 is 0 Å². The Kier molecular flexibility index (Phi) is 3.71. The molecule has 0 bridgehead atoms. The van der Waals surface area contributed by atoms with Crippen molar-refractivity contribution in [1.82, 2.24) is 9.78 Å². The number of ether oxygens (including phenoxy) is 2. The van der Waals surface area contributed by atoms with E-state index in [1.54, 1.807) is 18.9 Å². The van der Waals surface area contributed by atoms with Gasteiger partial charge in [0.15, 0.2) is 11.5 Å². The van der Waals surface area contributed by atoms with Crippen LogP contribution in [0.15, 0.2) is 16.6 Å². The van der Waals surface area contributed by atoms with Gasteiger partial charge in [0.05, 0.1) is 24.4 Å². The molecule has 0 spiro atoms. The van der Waals surface area contributed by atoms with Crippen molar-refractivity contribution >= 4 is 21.7 Å². The first-order valence-corrected chi connectivity index (χ1v) is 6.49. The molecule has 0 aliphatic heterocycles. The van der Waals surface area contributed by atoms with Crippen molar-refractivity contribution in [3.63, 3.8) is 0 Å². The Labute approximate surface area is 120 Å². The number of nitrogens with two attached hydrogens (primary N) is 1. The van der Waals surface area contributed by atoms with Crippen LogP contribution in [0.2, 0.25) is 0 Å². The fraction of sp³-hybridized carbons (Fsp3) is 0.308. The summed E-state index contributed by atoms with van der Waals surface area (Å²) in [6.45, 7) is 1.97. The van der Waals surface area contributed by atoms with Gasteiger partial charge in [-0.1, -0.05) is 0 Å². The summed E-state index contributed by atoms with van der Waals surface area (Å²) < 4.78 is 13.2. The third kappa shape index (κ3) is 2.28. The first kappa shape index (κ1) is 13.7. The van der Waals surface area contributed by atoms with Crippen LogP contribution in [0.25, 0.3) is 11.3 Å². The molecule has 1 aromatic heterocycles. The van der Waals surface area contributed by atoms with Gasteiger partial charge in [0.25, 0.3) is 0 Å². The van der Waals surface area contributed by atoms with Crippen molar-refractivity contribution in [2.24, 2.45) is 7.05 Å². The Bertz CT molecular complexity index is 603. The minimum Gasteiger partial charge on any atom is -0.493 e. The van der Waals surface area contributed by atoms with E-state index in [9.17, 15) is 0 Å². The summed E-state index contributed by atoms with van der Waals surface area (Å²) in [4.78, 5) is 0. The molecule has 0 saturated heterocycles. The Morgan fingerprint density at radius 2 is 1.84 bits per heavy atom. The summed E-state index contributed by atoms with van der Waals surface area (Å²) in [5.41, 5.74) is 8.54. The van der Waals surface area contributed by atoms with E-state index in [4.69, 9.17) is 15.2 Å². The van der Waals surface area contributed by atoms with Crippen LogP contribution >= 0.6 is 15.9 Å². The molecule has 0 amide bonds. The van der Waals surface area contributed by atoms with Crippen LogP contribution in [0.1, 0.15) is 5.56 Å². The second-order valence-electron chi connectivity index (χ2n) is 4.18. The maximum Gasteiger partial charge on any atom is 0.175 e. The van der Waals surface area contributed by atoms with E-state index in [1.807, 2.05) is 26.1 Å². The summed E-state index contributed by atoms with van der Waals surface area (Å²) in [6.07, 6.45) is 0. The van der Waals surface area contributed by atoms with Crippen LogP contribution in [0.5, 0.6) is 11.5 Å². The molecule has 0 aliphatic carbocycles. The zero-order valence-corrected chi connectivity index (χ0v) is 12.9. The van der Waals surface area contributed by atoms with Crippen LogP contribution in [-0.2, 0) is 7.05 Å². The SMILES string of the molecule is COc1c(Br)cc(-c2cc(N)n(C)n2)c(C)c1OC. The van der Waals surface area contributed by atoms with Gasteiger partial charge in [-0.3, -0.25) is 4.68 Å². The predicted molar refractivity (Wildman–Crippen MR) is 78.6 cm³/mol. The lowest BCUT2D eigenvalue weighted by molar-refractivity contribution is 0.351. The summed E-state index contributed by atoms with van der Waals surface area (Å²) in [5.74, 6) is 1.98.